The molecule has 0 aliphatic heterocycles. The third-order valence-corrected chi connectivity index (χ3v) is 3.95. The van der Waals surface area contributed by atoms with Crippen molar-refractivity contribution in [2.75, 3.05) is 5.32 Å². The van der Waals surface area contributed by atoms with Crippen LogP contribution in [0.15, 0.2) is 47.3 Å². The van der Waals surface area contributed by atoms with Crippen molar-refractivity contribution in [1.82, 2.24) is 9.13 Å². The fourth-order valence-corrected chi connectivity index (χ4v) is 2.86. The molecule has 130 valence electrons. The lowest BCUT2D eigenvalue weighted by atomic mass is 10.2. The van der Waals surface area contributed by atoms with Gasteiger partial charge >= 0.3 is 5.69 Å². The monoisotopic (exact) mass is 345 g/mol. The zero-order chi connectivity index (χ0) is 18.0. The van der Waals surface area contributed by atoms with Crippen molar-refractivity contribution >= 4 is 22.6 Å². The molecule has 7 heteroatoms. The molecule has 3 rings (SSSR count). The van der Waals surface area contributed by atoms with Crippen molar-refractivity contribution in [1.29, 1.82) is 0 Å². The zero-order valence-electron chi connectivity index (χ0n) is 13.6. The van der Waals surface area contributed by atoms with Gasteiger partial charge < -0.3 is 5.32 Å². The maximum Gasteiger partial charge on any atom is 0.329 e. The first-order chi connectivity index (χ1) is 12.0. The third kappa shape index (κ3) is 3.45. The Balaban J connectivity index is 1.77. The summed E-state index contributed by atoms with van der Waals surface area (Å²) in [6.07, 6.45) is 0.00968. The van der Waals surface area contributed by atoms with Gasteiger partial charge in [0, 0.05) is 31.3 Å². The number of benzene rings is 2. The average molecular weight is 345 g/mol. The topological polar surface area (TPSA) is 56.0 Å². The highest BCUT2D eigenvalue weighted by Gasteiger charge is 2.13. The van der Waals surface area contributed by atoms with Crippen LogP contribution in [0, 0.1) is 11.6 Å². The minimum absolute atomic E-state index is 0.00968. The summed E-state index contributed by atoms with van der Waals surface area (Å²) in [4.78, 5) is 24.5. The lowest BCUT2D eigenvalue weighted by Crippen LogP contribution is -2.25. The highest BCUT2D eigenvalue weighted by Crippen LogP contribution is 2.15. The Morgan fingerprint density at radius 2 is 1.64 bits per heavy atom. The summed E-state index contributed by atoms with van der Waals surface area (Å²) in [6.45, 7) is 2.58. The van der Waals surface area contributed by atoms with Gasteiger partial charge in [-0.25, -0.2) is 13.6 Å². The van der Waals surface area contributed by atoms with Crippen molar-refractivity contribution in [2.24, 2.45) is 0 Å². The van der Waals surface area contributed by atoms with Gasteiger partial charge in [-0.15, -0.1) is 0 Å². The van der Waals surface area contributed by atoms with Crippen LogP contribution in [0.3, 0.4) is 0 Å². The van der Waals surface area contributed by atoms with Crippen LogP contribution < -0.4 is 11.0 Å². The van der Waals surface area contributed by atoms with Crippen molar-refractivity contribution in [3.05, 3.63) is 64.6 Å². The Morgan fingerprint density at radius 1 is 1.04 bits per heavy atom. The second-order valence-corrected chi connectivity index (χ2v) is 5.62. The molecule has 0 saturated carbocycles. The van der Waals surface area contributed by atoms with Crippen molar-refractivity contribution in [2.45, 2.75) is 26.4 Å². The maximum atomic E-state index is 13.2. The molecular weight excluding hydrogens is 328 g/mol. The summed E-state index contributed by atoms with van der Waals surface area (Å²) >= 11 is 0. The van der Waals surface area contributed by atoms with Gasteiger partial charge in [-0.3, -0.25) is 13.9 Å². The molecule has 0 atom stereocenters. The first kappa shape index (κ1) is 16.9. The summed E-state index contributed by atoms with van der Waals surface area (Å²) in [5, 5.41) is 2.44. The van der Waals surface area contributed by atoms with Crippen molar-refractivity contribution in [3.63, 3.8) is 0 Å². The largest absolute Gasteiger partial charge is 0.329 e. The molecule has 0 aliphatic rings. The molecule has 0 spiro atoms. The minimum atomic E-state index is -0.766. The second kappa shape index (κ2) is 6.88. The molecule has 5 nitrogen and oxygen atoms in total. The van der Waals surface area contributed by atoms with E-state index in [1.165, 1.54) is 4.57 Å². The van der Waals surface area contributed by atoms with Crippen LogP contribution in [0.25, 0.3) is 11.0 Å². The summed E-state index contributed by atoms with van der Waals surface area (Å²) in [6, 6.07) is 10.2. The number of aryl methyl sites for hydroxylation is 2. The Labute approximate surface area is 142 Å². The number of carbonyl (C=O) groups is 1. The predicted octanol–water partition coefficient (Wildman–Crippen LogP) is 3.13. The first-order valence-corrected chi connectivity index (χ1v) is 7.93. The molecule has 1 amide bonds. The van der Waals surface area contributed by atoms with Crippen molar-refractivity contribution < 1.29 is 13.6 Å². The standard InChI is InChI=1S/C18H17F2N3O2/c1-2-22-15-5-3-4-6-16(15)23(18(22)25)8-7-17(24)21-14-10-12(19)9-13(20)11-14/h3-6,9-11H,2,7-8H2,1H3,(H,21,24). The number of aromatic nitrogens is 2. The van der Waals surface area contributed by atoms with Gasteiger partial charge in [-0.05, 0) is 31.2 Å². The number of halogens is 2. The number of amides is 1. The van der Waals surface area contributed by atoms with Gasteiger partial charge in [0.15, 0.2) is 0 Å². The fraction of sp³-hybridized carbons (Fsp3) is 0.222. The summed E-state index contributed by atoms with van der Waals surface area (Å²) in [7, 11) is 0. The number of imidazole rings is 1. The number of nitrogens with zero attached hydrogens (tertiary/aromatic N) is 2. The van der Waals surface area contributed by atoms with Crippen LogP contribution in [0.2, 0.25) is 0 Å². The van der Waals surface area contributed by atoms with E-state index >= 15 is 0 Å². The van der Waals surface area contributed by atoms with E-state index in [2.05, 4.69) is 5.32 Å². The van der Waals surface area contributed by atoms with Gasteiger partial charge in [0.05, 0.1) is 11.0 Å². The summed E-state index contributed by atoms with van der Waals surface area (Å²) < 4.78 is 29.5. The lowest BCUT2D eigenvalue weighted by Gasteiger charge is -2.06. The van der Waals surface area contributed by atoms with E-state index in [0.29, 0.717) is 6.54 Å². The van der Waals surface area contributed by atoms with Gasteiger partial charge in [0.1, 0.15) is 11.6 Å². The van der Waals surface area contributed by atoms with Crippen LogP contribution >= 0.6 is 0 Å². The van der Waals surface area contributed by atoms with E-state index in [0.717, 1.165) is 29.2 Å². The molecule has 25 heavy (non-hydrogen) atoms. The van der Waals surface area contributed by atoms with E-state index in [-0.39, 0.29) is 24.3 Å². The molecule has 0 fully saturated rings. The first-order valence-electron chi connectivity index (χ1n) is 7.93. The minimum Gasteiger partial charge on any atom is -0.326 e. The SMILES string of the molecule is CCn1c(=O)n(CCC(=O)Nc2cc(F)cc(F)c2)c2ccccc21. The molecule has 1 heterocycles. The molecule has 0 bridgehead atoms. The van der Waals surface area contributed by atoms with E-state index in [1.807, 2.05) is 31.2 Å². The highest BCUT2D eigenvalue weighted by molar-refractivity contribution is 5.90. The molecular formula is C18H17F2N3O2. The van der Waals surface area contributed by atoms with E-state index in [4.69, 9.17) is 0 Å². The van der Waals surface area contributed by atoms with Crippen LogP contribution in [-0.2, 0) is 17.9 Å². The molecule has 1 N–H and O–H groups in total. The fourth-order valence-electron chi connectivity index (χ4n) is 2.86. The Hall–Kier alpha value is -2.96. The number of fused-ring (bicyclic) bond motifs is 1. The van der Waals surface area contributed by atoms with Crippen LogP contribution in [-0.4, -0.2) is 15.0 Å². The smallest absolute Gasteiger partial charge is 0.326 e. The molecule has 3 aromatic rings. The zero-order valence-corrected chi connectivity index (χ0v) is 13.6. The number of anilines is 1. The van der Waals surface area contributed by atoms with Gasteiger partial charge in [-0.2, -0.15) is 0 Å². The van der Waals surface area contributed by atoms with Crippen LogP contribution in [0.5, 0.6) is 0 Å². The Morgan fingerprint density at radius 3 is 2.24 bits per heavy atom. The van der Waals surface area contributed by atoms with Gasteiger partial charge in [0.2, 0.25) is 5.91 Å². The van der Waals surface area contributed by atoms with Gasteiger partial charge in [-0.1, -0.05) is 12.1 Å². The number of hydrogen-bond acceptors (Lipinski definition) is 2. The molecule has 0 unspecified atom stereocenters. The Kier molecular flexibility index (Phi) is 4.65. The molecule has 0 saturated heterocycles. The normalized spacial score (nSPS) is 11.0. The summed E-state index contributed by atoms with van der Waals surface area (Å²) in [5.74, 6) is -1.96. The van der Waals surface area contributed by atoms with Gasteiger partial charge in [0.25, 0.3) is 0 Å². The number of carbonyl (C=O) groups excluding carboxylic acids is 1. The number of hydrogen-bond donors (Lipinski definition) is 1. The van der Waals surface area contributed by atoms with Crippen LogP contribution in [0.1, 0.15) is 13.3 Å². The lowest BCUT2D eigenvalue weighted by molar-refractivity contribution is -0.116. The molecule has 0 radical (unpaired) electrons. The number of para-hydroxylation sites is 2. The Bertz CT molecular complexity index is 971. The van der Waals surface area contributed by atoms with Crippen LogP contribution in [0.4, 0.5) is 14.5 Å². The van der Waals surface area contributed by atoms with E-state index in [1.54, 1.807) is 4.57 Å². The number of rotatable bonds is 5. The average Bonchev–Trinajstić information content (AvgIpc) is 2.83. The molecule has 1 aromatic heterocycles. The second-order valence-electron chi connectivity index (χ2n) is 5.62. The quantitative estimate of drug-likeness (QED) is 0.772. The van der Waals surface area contributed by atoms with E-state index < -0.39 is 17.5 Å². The predicted molar refractivity (Wildman–Crippen MR) is 91.5 cm³/mol. The third-order valence-electron chi connectivity index (χ3n) is 3.95. The highest BCUT2D eigenvalue weighted by atomic mass is 19.1. The summed E-state index contributed by atoms with van der Waals surface area (Å²) in [5.41, 5.74) is 1.42. The molecule has 2 aromatic carbocycles. The van der Waals surface area contributed by atoms with Crippen molar-refractivity contribution in [3.8, 4) is 0 Å². The molecule has 0 aliphatic carbocycles. The number of nitrogens with one attached hydrogen (secondary N) is 1. The maximum absolute atomic E-state index is 13.2. The van der Waals surface area contributed by atoms with E-state index in [9.17, 15) is 18.4 Å².